The van der Waals surface area contributed by atoms with Gasteiger partial charge < -0.3 is 10.1 Å². The molecule has 4 nitrogen and oxygen atoms in total. The van der Waals surface area contributed by atoms with Crippen molar-refractivity contribution in [3.05, 3.63) is 35.9 Å². The average molecular weight is 281 g/mol. The third-order valence-corrected chi connectivity index (χ3v) is 3.94. The largest absolute Gasteiger partial charge is 0.467 e. The predicted octanol–water partition coefficient (Wildman–Crippen LogP) is 1.99. The molecular weight excluding hydrogens is 262 g/mol. The summed E-state index contributed by atoms with van der Waals surface area (Å²) in [6.07, 6.45) is 0. The van der Waals surface area contributed by atoms with Gasteiger partial charge in [-0.15, -0.1) is 0 Å². The topological polar surface area (TPSA) is 55.4 Å². The summed E-state index contributed by atoms with van der Waals surface area (Å²) in [5.74, 6) is 0.139. The Balaban J connectivity index is 2.59. The molecule has 0 aliphatic heterocycles. The van der Waals surface area contributed by atoms with Gasteiger partial charge in [-0.1, -0.05) is 37.3 Å². The second-order valence-corrected chi connectivity index (χ2v) is 5.57. The lowest BCUT2D eigenvalue weighted by Crippen LogP contribution is -2.46. The molecular formula is C14H19NO3S. The van der Waals surface area contributed by atoms with Crippen molar-refractivity contribution >= 4 is 23.6 Å². The van der Waals surface area contributed by atoms with E-state index in [0.717, 1.165) is 5.75 Å². The third kappa shape index (κ3) is 5.34. The Morgan fingerprint density at radius 3 is 2.47 bits per heavy atom. The quantitative estimate of drug-likeness (QED) is 0.810. The van der Waals surface area contributed by atoms with Gasteiger partial charge in [0.2, 0.25) is 5.91 Å². The van der Waals surface area contributed by atoms with Gasteiger partial charge in [0, 0.05) is 17.9 Å². The monoisotopic (exact) mass is 281 g/mol. The van der Waals surface area contributed by atoms with Crippen molar-refractivity contribution in [3.8, 4) is 0 Å². The van der Waals surface area contributed by atoms with Crippen LogP contribution in [0.1, 0.15) is 19.4 Å². The summed E-state index contributed by atoms with van der Waals surface area (Å²) in [6.45, 7) is 3.30. The summed E-state index contributed by atoms with van der Waals surface area (Å²) < 4.78 is 4.72. The normalized spacial score (nSPS) is 13.4. The van der Waals surface area contributed by atoms with Crippen LogP contribution in [0.25, 0.3) is 0 Å². The summed E-state index contributed by atoms with van der Waals surface area (Å²) in [4.78, 5) is 22.8. The second kappa shape index (κ2) is 7.84. The summed E-state index contributed by atoms with van der Waals surface area (Å²) in [5, 5.41) is 2.57. The van der Waals surface area contributed by atoms with Gasteiger partial charge in [0.15, 0.2) is 0 Å². The molecule has 0 saturated heterocycles. The fraction of sp³-hybridized carbons (Fsp3) is 0.429. The Labute approximate surface area is 117 Å². The van der Waals surface area contributed by atoms with E-state index >= 15 is 0 Å². The van der Waals surface area contributed by atoms with Gasteiger partial charge in [-0.2, -0.15) is 11.8 Å². The van der Waals surface area contributed by atoms with E-state index in [4.69, 9.17) is 4.74 Å². The van der Waals surface area contributed by atoms with Crippen LogP contribution in [-0.4, -0.2) is 30.3 Å². The molecule has 0 heterocycles. The zero-order chi connectivity index (χ0) is 14.3. The average Bonchev–Trinajstić information content (AvgIpc) is 2.42. The molecule has 1 amide bonds. The molecule has 104 valence electrons. The molecule has 0 saturated carbocycles. The van der Waals surface area contributed by atoms with E-state index in [1.54, 1.807) is 11.8 Å². The fourth-order valence-corrected chi connectivity index (χ4v) is 2.63. The van der Waals surface area contributed by atoms with E-state index in [1.807, 2.05) is 37.3 Å². The van der Waals surface area contributed by atoms with Crippen LogP contribution in [0, 0.1) is 0 Å². The van der Waals surface area contributed by atoms with E-state index < -0.39 is 12.0 Å². The van der Waals surface area contributed by atoms with Crippen LogP contribution in [0.4, 0.5) is 0 Å². The smallest absolute Gasteiger partial charge is 0.329 e. The second-order valence-electron chi connectivity index (χ2n) is 4.20. The maximum absolute atomic E-state index is 11.6. The minimum atomic E-state index is -0.615. The number of carbonyl (C=O) groups excluding carboxylic acids is 2. The van der Waals surface area contributed by atoms with Crippen LogP contribution in [0.5, 0.6) is 0 Å². The highest BCUT2D eigenvalue weighted by Gasteiger charge is 2.26. The lowest BCUT2D eigenvalue weighted by atomic mass is 10.2. The molecule has 5 heteroatoms. The number of hydrogen-bond donors (Lipinski definition) is 1. The van der Waals surface area contributed by atoms with Gasteiger partial charge in [0.25, 0.3) is 0 Å². The maximum Gasteiger partial charge on any atom is 0.329 e. The number of methoxy groups -OCH3 is 1. The molecule has 0 radical (unpaired) electrons. The number of ether oxygens (including phenoxy) is 1. The predicted molar refractivity (Wildman–Crippen MR) is 76.8 cm³/mol. The number of amides is 1. The van der Waals surface area contributed by atoms with Crippen molar-refractivity contribution < 1.29 is 14.3 Å². The Morgan fingerprint density at radius 2 is 1.95 bits per heavy atom. The van der Waals surface area contributed by atoms with Crippen LogP contribution in [0.15, 0.2) is 30.3 Å². The van der Waals surface area contributed by atoms with Gasteiger partial charge in [-0.05, 0) is 5.56 Å². The number of benzene rings is 1. The van der Waals surface area contributed by atoms with E-state index in [2.05, 4.69) is 5.32 Å². The molecule has 0 spiro atoms. The highest BCUT2D eigenvalue weighted by atomic mass is 32.2. The summed E-state index contributed by atoms with van der Waals surface area (Å²) in [5.41, 5.74) is 1.19. The zero-order valence-corrected chi connectivity index (χ0v) is 12.2. The van der Waals surface area contributed by atoms with Crippen molar-refractivity contribution in [3.63, 3.8) is 0 Å². The van der Waals surface area contributed by atoms with E-state index in [1.165, 1.54) is 19.6 Å². The van der Waals surface area contributed by atoms with Crippen LogP contribution in [0.3, 0.4) is 0 Å². The number of thioether (sulfide) groups is 1. The Morgan fingerprint density at radius 1 is 1.32 bits per heavy atom. The SMILES string of the molecule is COC(=O)[C@H](NC(C)=O)[C@H](C)SCc1ccccc1. The minimum Gasteiger partial charge on any atom is -0.467 e. The number of hydrogen-bond acceptors (Lipinski definition) is 4. The Hall–Kier alpha value is -1.49. The van der Waals surface area contributed by atoms with Gasteiger partial charge in [-0.25, -0.2) is 4.79 Å². The van der Waals surface area contributed by atoms with Crippen molar-refractivity contribution in [1.82, 2.24) is 5.32 Å². The molecule has 19 heavy (non-hydrogen) atoms. The lowest BCUT2D eigenvalue weighted by molar-refractivity contribution is -0.144. The fourth-order valence-electron chi connectivity index (χ4n) is 1.61. The van der Waals surface area contributed by atoms with Crippen LogP contribution >= 0.6 is 11.8 Å². The molecule has 2 atom stereocenters. The van der Waals surface area contributed by atoms with Crippen LogP contribution < -0.4 is 5.32 Å². The summed E-state index contributed by atoms with van der Waals surface area (Å²) in [7, 11) is 1.33. The highest BCUT2D eigenvalue weighted by Crippen LogP contribution is 2.20. The highest BCUT2D eigenvalue weighted by molar-refractivity contribution is 7.99. The molecule has 1 N–H and O–H groups in total. The first-order chi connectivity index (χ1) is 9.04. The first-order valence-electron chi connectivity index (χ1n) is 6.05. The molecule has 0 fully saturated rings. The number of rotatable bonds is 6. The lowest BCUT2D eigenvalue weighted by Gasteiger charge is -2.21. The molecule has 1 aromatic rings. The van der Waals surface area contributed by atoms with E-state index in [9.17, 15) is 9.59 Å². The molecule has 0 unspecified atom stereocenters. The number of carbonyl (C=O) groups is 2. The standard InChI is InChI=1S/C14H19NO3S/c1-10(13(14(17)18-3)15-11(2)16)19-9-12-7-5-4-6-8-12/h4-8,10,13H,9H2,1-3H3,(H,15,16)/t10-,13+/m0/s1. The van der Waals surface area contributed by atoms with Crippen molar-refractivity contribution in [1.29, 1.82) is 0 Å². The van der Waals surface area contributed by atoms with Gasteiger partial charge >= 0.3 is 5.97 Å². The molecule has 0 aliphatic carbocycles. The minimum absolute atomic E-state index is 0.0587. The molecule has 0 bridgehead atoms. The Bertz CT molecular complexity index is 422. The molecule has 1 aromatic carbocycles. The molecule has 0 aliphatic rings. The van der Waals surface area contributed by atoms with E-state index in [0.29, 0.717) is 0 Å². The van der Waals surface area contributed by atoms with E-state index in [-0.39, 0.29) is 11.2 Å². The maximum atomic E-state index is 11.6. The third-order valence-electron chi connectivity index (χ3n) is 2.64. The first-order valence-corrected chi connectivity index (χ1v) is 7.10. The molecule has 0 aromatic heterocycles. The first kappa shape index (κ1) is 15.6. The van der Waals surface area contributed by atoms with Crippen molar-refractivity contribution in [2.75, 3.05) is 7.11 Å². The van der Waals surface area contributed by atoms with Crippen LogP contribution in [-0.2, 0) is 20.1 Å². The summed E-state index contributed by atoms with van der Waals surface area (Å²) in [6, 6.07) is 9.37. The van der Waals surface area contributed by atoms with Crippen molar-refractivity contribution in [2.24, 2.45) is 0 Å². The summed E-state index contributed by atoms with van der Waals surface area (Å²) >= 11 is 1.61. The Kier molecular flexibility index (Phi) is 6.42. The number of esters is 1. The molecule has 1 rings (SSSR count). The van der Waals surface area contributed by atoms with Crippen LogP contribution in [0.2, 0.25) is 0 Å². The number of nitrogens with one attached hydrogen (secondary N) is 1. The van der Waals surface area contributed by atoms with Gasteiger partial charge in [0.1, 0.15) is 6.04 Å². The van der Waals surface area contributed by atoms with Crippen molar-refractivity contribution in [2.45, 2.75) is 30.9 Å². The zero-order valence-electron chi connectivity index (χ0n) is 11.4. The van der Waals surface area contributed by atoms with Gasteiger partial charge in [-0.3, -0.25) is 4.79 Å². The van der Waals surface area contributed by atoms with Gasteiger partial charge in [0.05, 0.1) is 7.11 Å².